The van der Waals surface area contributed by atoms with Gasteiger partial charge in [0.05, 0.1) is 0 Å². The largest absolute Gasteiger partial charge is 0.399 e. The Morgan fingerprint density at radius 3 is 2.55 bits per heavy atom. The van der Waals surface area contributed by atoms with Crippen LogP contribution in [0.2, 0.25) is 0 Å². The summed E-state index contributed by atoms with van der Waals surface area (Å²) in [6, 6.07) is 7.98. The van der Waals surface area contributed by atoms with Crippen LogP contribution in [0, 0.1) is 0 Å². The van der Waals surface area contributed by atoms with Crippen molar-refractivity contribution in [3.63, 3.8) is 0 Å². The monoisotopic (exact) mass is 325 g/mol. The SMILES string of the molecule is Cl.Nc1ccccc1CCC(=O)NCCCC(=O)NC1CC1. The third kappa shape index (κ3) is 6.80. The van der Waals surface area contributed by atoms with Crippen LogP contribution in [-0.2, 0) is 16.0 Å². The van der Waals surface area contributed by atoms with Gasteiger partial charge in [0.15, 0.2) is 0 Å². The van der Waals surface area contributed by atoms with Crippen molar-refractivity contribution in [3.05, 3.63) is 29.8 Å². The number of nitrogens with one attached hydrogen (secondary N) is 2. The first kappa shape index (κ1) is 18.3. The van der Waals surface area contributed by atoms with Gasteiger partial charge in [0, 0.05) is 31.1 Å². The average molecular weight is 326 g/mol. The van der Waals surface area contributed by atoms with Crippen molar-refractivity contribution < 1.29 is 9.59 Å². The van der Waals surface area contributed by atoms with Crippen LogP contribution in [0.25, 0.3) is 0 Å². The van der Waals surface area contributed by atoms with Crippen molar-refractivity contribution in [2.24, 2.45) is 0 Å². The van der Waals surface area contributed by atoms with Gasteiger partial charge in [-0.15, -0.1) is 12.4 Å². The van der Waals surface area contributed by atoms with E-state index in [1.807, 2.05) is 24.3 Å². The number of benzene rings is 1. The molecule has 0 bridgehead atoms. The Labute approximate surface area is 137 Å². The molecule has 6 heteroatoms. The molecular weight excluding hydrogens is 302 g/mol. The minimum Gasteiger partial charge on any atom is -0.399 e. The molecule has 1 aromatic rings. The summed E-state index contributed by atoms with van der Waals surface area (Å²) in [6.45, 7) is 0.543. The van der Waals surface area contributed by atoms with Crippen LogP contribution in [0.4, 0.5) is 5.69 Å². The Bertz CT molecular complexity index is 504. The van der Waals surface area contributed by atoms with Crippen molar-refractivity contribution in [3.8, 4) is 0 Å². The lowest BCUT2D eigenvalue weighted by atomic mass is 10.1. The van der Waals surface area contributed by atoms with Gasteiger partial charge in [-0.1, -0.05) is 18.2 Å². The highest BCUT2D eigenvalue weighted by Crippen LogP contribution is 2.18. The Balaban J connectivity index is 0.00000242. The number of carbonyl (C=O) groups is 2. The highest BCUT2D eigenvalue weighted by Gasteiger charge is 2.22. The van der Waals surface area contributed by atoms with Crippen LogP contribution < -0.4 is 16.4 Å². The third-order valence-corrected chi connectivity index (χ3v) is 3.52. The van der Waals surface area contributed by atoms with Crippen LogP contribution in [0.15, 0.2) is 24.3 Å². The zero-order valence-electron chi connectivity index (χ0n) is 12.6. The van der Waals surface area contributed by atoms with E-state index in [-0.39, 0.29) is 24.2 Å². The first-order valence-corrected chi connectivity index (χ1v) is 7.54. The Kier molecular flexibility index (Phi) is 7.74. The summed E-state index contributed by atoms with van der Waals surface area (Å²) in [5.74, 6) is 0.0877. The summed E-state index contributed by atoms with van der Waals surface area (Å²) in [5, 5.41) is 5.77. The van der Waals surface area contributed by atoms with Crippen molar-refractivity contribution in [1.29, 1.82) is 0 Å². The van der Waals surface area contributed by atoms with Gasteiger partial charge in [-0.05, 0) is 37.3 Å². The maximum absolute atomic E-state index is 11.7. The van der Waals surface area contributed by atoms with E-state index in [9.17, 15) is 9.59 Å². The van der Waals surface area contributed by atoms with Crippen molar-refractivity contribution in [2.45, 2.75) is 44.6 Å². The van der Waals surface area contributed by atoms with Crippen molar-refractivity contribution in [2.75, 3.05) is 12.3 Å². The topological polar surface area (TPSA) is 84.2 Å². The van der Waals surface area contributed by atoms with Crippen LogP contribution >= 0.6 is 12.4 Å². The minimum atomic E-state index is 0. The molecule has 22 heavy (non-hydrogen) atoms. The fourth-order valence-corrected chi connectivity index (χ4v) is 2.10. The number of aryl methyl sites for hydroxylation is 1. The standard InChI is InChI=1S/C16H23N3O2.ClH/c17-14-5-2-1-4-12(14)7-10-15(20)18-11-3-6-16(21)19-13-8-9-13;/h1-2,4-5,13H,3,6-11,17H2,(H,18,20)(H,19,21);1H. The van der Waals surface area contributed by atoms with Crippen molar-refractivity contribution in [1.82, 2.24) is 10.6 Å². The first-order valence-electron chi connectivity index (χ1n) is 7.54. The van der Waals surface area contributed by atoms with Gasteiger partial charge in [0.2, 0.25) is 11.8 Å². The molecule has 1 fully saturated rings. The van der Waals surface area contributed by atoms with E-state index in [2.05, 4.69) is 10.6 Å². The number of para-hydroxylation sites is 1. The van der Waals surface area contributed by atoms with Gasteiger partial charge >= 0.3 is 0 Å². The summed E-state index contributed by atoms with van der Waals surface area (Å²) in [7, 11) is 0. The van der Waals surface area contributed by atoms with Crippen LogP contribution in [0.5, 0.6) is 0 Å². The minimum absolute atomic E-state index is 0. The summed E-state index contributed by atoms with van der Waals surface area (Å²) in [5.41, 5.74) is 7.55. The van der Waals surface area contributed by atoms with Gasteiger partial charge < -0.3 is 16.4 Å². The van der Waals surface area contributed by atoms with Crippen LogP contribution in [-0.4, -0.2) is 24.4 Å². The zero-order valence-corrected chi connectivity index (χ0v) is 13.5. The average Bonchev–Trinajstić information content (AvgIpc) is 3.26. The molecule has 2 amide bonds. The number of rotatable bonds is 8. The quantitative estimate of drug-likeness (QED) is 0.503. The first-order chi connectivity index (χ1) is 10.1. The van der Waals surface area contributed by atoms with Gasteiger partial charge in [0.1, 0.15) is 0 Å². The van der Waals surface area contributed by atoms with E-state index in [1.54, 1.807) is 0 Å². The normalized spacial score (nSPS) is 13.1. The second-order valence-electron chi connectivity index (χ2n) is 5.49. The fourth-order valence-electron chi connectivity index (χ4n) is 2.10. The second-order valence-corrected chi connectivity index (χ2v) is 5.49. The Hall–Kier alpha value is -1.75. The molecule has 0 spiro atoms. The van der Waals surface area contributed by atoms with E-state index >= 15 is 0 Å². The number of anilines is 1. The number of amides is 2. The molecule has 0 radical (unpaired) electrons. The summed E-state index contributed by atoms with van der Waals surface area (Å²) in [4.78, 5) is 23.2. The molecule has 1 aliphatic carbocycles. The zero-order chi connectivity index (χ0) is 15.1. The third-order valence-electron chi connectivity index (χ3n) is 3.52. The molecule has 122 valence electrons. The lowest BCUT2D eigenvalue weighted by molar-refractivity contribution is -0.123. The predicted molar refractivity (Wildman–Crippen MR) is 89.8 cm³/mol. The molecular formula is C16H24ClN3O2. The number of halogens is 1. The number of hydrogen-bond donors (Lipinski definition) is 3. The lowest BCUT2D eigenvalue weighted by Gasteiger charge is -2.07. The van der Waals surface area contributed by atoms with Gasteiger partial charge in [-0.2, -0.15) is 0 Å². The molecule has 1 saturated carbocycles. The smallest absolute Gasteiger partial charge is 0.220 e. The lowest BCUT2D eigenvalue weighted by Crippen LogP contribution is -2.28. The number of hydrogen-bond acceptors (Lipinski definition) is 3. The van der Waals surface area contributed by atoms with Gasteiger partial charge in [0.25, 0.3) is 0 Å². The molecule has 1 aromatic carbocycles. The molecule has 0 aromatic heterocycles. The summed E-state index contributed by atoms with van der Waals surface area (Å²) >= 11 is 0. The number of nitrogen functional groups attached to an aromatic ring is 1. The number of carbonyl (C=O) groups excluding carboxylic acids is 2. The van der Waals surface area contributed by atoms with Crippen LogP contribution in [0.1, 0.15) is 37.7 Å². The molecule has 1 aliphatic rings. The van der Waals surface area contributed by atoms with Gasteiger partial charge in [-0.3, -0.25) is 9.59 Å². The maximum Gasteiger partial charge on any atom is 0.220 e. The number of nitrogens with two attached hydrogens (primary N) is 1. The second kappa shape index (κ2) is 9.30. The molecule has 4 N–H and O–H groups in total. The molecule has 0 unspecified atom stereocenters. The van der Waals surface area contributed by atoms with E-state index in [0.717, 1.165) is 24.1 Å². The summed E-state index contributed by atoms with van der Waals surface area (Å²) < 4.78 is 0. The van der Waals surface area contributed by atoms with E-state index < -0.39 is 0 Å². The molecule has 2 rings (SSSR count). The highest BCUT2D eigenvalue weighted by atomic mass is 35.5. The van der Waals surface area contributed by atoms with Gasteiger partial charge in [-0.25, -0.2) is 0 Å². The molecule has 0 heterocycles. The van der Waals surface area contributed by atoms with E-state index in [4.69, 9.17) is 5.73 Å². The van der Waals surface area contributed by atoms with E-state index in [0.29, 0.717) is 38.3 Å². The highest BCUT2D eigenvalue weighted by molar-refractivity contribution is 5.85. The Morgan fingerprint density at radius 2 is 1.86 bits per heavy atom. The van der Waals surface area contributed by atoms with Crippen LogP contribution in [0.3, 0.4) is 0 Å². The molecule has 5 nitrogen and oxygen atoms in total. The molecule has 0 aliphatic heterocycles. The molecule has 0 saturated heterocycles. The van der Waals surface area contributed by atoms with E-state index in [1.165, 1.54) is 0 Å². The van der Waals surface area contributed by atoms with Crippen molar-refractivity contribution >= 4 is 29.9 Å². The summed E-state index contributed by atoms with van der Waals surface area (Å²) in [6.07, 6.45) is 4.42. The maximum atomic E-state index is 11.7. The Morgan fingerprint density at radius 1 is 1.14 bits per heavy atom. The predicted octanol–water partition coefficient (Wildman–Crippen LogP) is 1.80. The fraction of sp³-hybridized carbons (Fsp3) is 0.500. The molecule has 0 atom stereocenters.